The van der Waals surface area contributed by atoms with Crippen LogP contribution in [0.4, 0.5) is 10.1 Å². The first-order valence-electron chi connectivity index (χ1n) is 7.45. The lowest BCUT2D eigenvalue weighted by atomic mass is 10.1. The molecule has 0 spiro atoms. The number of amides is 1. The normalized spacial score (nSPS) is 11.7. The molecule has 0 aliphatic rings. The van der Waals surface area contributed by atoms with Crippen molar-refractivity contribution in [1.29, 1.82) is 0 Å². The zero-order valence-electron chi connectivity index (χ0n) is 13.7. The SMILES string of the molecule is COCc1cccc(C(=O)O[C@@H](C)C(=O)Nc2ccc(Br)cc2F)c1. The number of carbonyl (C=O) groups excluding carboxylic acids is 2. The summed E-state index contributed by atoms with van der Waals surface area (Å²) >= 11 is 3.14. The van der Waals surface area contributed by atoms with Gasteiger partial charge in [0.25, 0.3) is 5.91 Å². The fourth-order valence-electron chi connectivity index (χ4n) is 2.06. The number of nitrogens with one attached hydrogen (secondary N) is 1. The van der Waals surface area contributed by atoms with Gasteiger partial charge in [-0.05, 0) is 42.8 Å². The van der Waals surface area contributed by atoms with Crippen molar-refractivity contribution in [2.45, 2.75) is 19.6 Å². The second-order valence-electron chi connectivity index (χ2n) is 5.29. The molecule has 7 heteroatoms. The molecule has 0 saturated heterocycles. The summed E-state index contributed by atoms with van der Waals surface area (Å²) < 4.78 is 24.5. The van der Waals surface area contributed by atoms with Crippen LogP contribution in [0.3, 0.4) is 0 Å². The minimum Gasteiger partial charge on any atom is -0.449 e. The van der Waals surface area contributed by atoms with Crippen LogP contribution in [-0.2, 0) is 20.9 Å². The predicted molar refractivity (Wildman–Crippen MR) is 94.8 cm³/mol. The van der Waals surface area contributed by atoms with E-state index in [4.69, 9.17) is 9.47 Å². The highest BCUT2D eigenvalue weighted by Crippen LogP contribution is 2.19. The number of hydrogen-bond acceptors (Lipinski definition) is 4. The van der Waals surface area contributed by atoms with Crippen molar-refractivity contribution in [3.8, 4) is 0 Å². The molecule has 2 aromatic rings. The van der Waals surface area contributed by atoms with E-state index in [1.165, 1.54) is 19.1 Å². The maximum Gasteiger partial charge on any atom is 0.338 e. The maximum absolute atomic E-state index is 13.8. The topological polar surface area (TPSA) is 64.6 Å². The zero-order chi connectivity index (χ0) is 18.4. The summed E-state index contributed by atoms with van der Waals surface area (Å²) in [6.07, 6.45) is -1.08. The van der Waals surface area contributed by atoms with Gasteiger partial charge in [-0.2, -0.15) is 0 Å². The summed E-state index contributed by atoms with van der Waals surface area (Å²) in [5.74, 6) is -1.85. The van der Waals surface area contributed by atoms with Gasteiger partial charge < -0.3 is 14.8 Å². The highest BCUT2D eigenvalue weighted by molar-refractivity contribution is 9.10. The van der Waals surface area contributed by atoms with Crippen molar-refractivity contribution >= 4 is 33.5 Å². The van der Waals surface area contributed by atoms with Crippen LogP contribution in [-0.4, -0.2) is 25.1 Å². The molecule has 0 saturated carbocycles. The smallest absolute Gasteiger partial charge is 0.338 e. The molecule has 0 heterocycles. The van der Waals surface area contributed by atoms with Crippen molar-refractivity contribution in [3.05, 3.63) is 63.9 Å². The van der Waals surface area contributed by atoms with E-state index >= 15 is 0 Å². The quantitative estimate of drug-likeness (QED) is 0.734. The summed E-state index contributed by atoms with van der Waals surface area (Å²) in [6, 6.07) is 11.0. The molecule has 0 aromatic heterocycles. The molecule has 2 aromatic carbocycles. The van der Waals surface area contributed by atoms with Gasteiger partial charge in [0.05, 0.1) is 17.9 Å². The van der Waals surface area contributed by atoms with E-state index in [1.807, 2.05) is 6.07 Å². The second kappa shape index (κ2) is 8.73. The Balaban J connectivity index is 2.00. The first kappa shape index (κ1) is 19.1. The average Bonchev–Trinajstić information content (AvgIpc) is 2.57. The monoisotopic (exact) mass is 409 g/mol. The number of esters is 1. The van der Waals surface area contributed by atoms with Crippen molar-refractivity contribution in [2.24, 2.45) is 0 Å². The molecule has 0 fully saturated rings. The number of hydrogen-bond donors (Lipinski definition) is 1. The third-order valence-electron chi connectivity index (χ3n) is 3.32. The summed E-state index contributed by atoms with van der Waals surface area (Å²) in [7, 11) is 1.55. The van der Waals surface area contributed by atoms with Crippen LogP contribution in [0.1, 0.15) is 22.8 Å². The molecular weight excluding hydrogens is 393 g/mol. The molecule has 1 N–H and O–H groups in total. The van der Waals surface area contributed by atoms with Gasteiger partial charge in [0.15, 0.2) is 6.10 Å². The number of anilines is 1. The van der Waals surface area contributed by atoms with E-state index in [0.29, 0.717) is 16.6 Å². The molecule has 1 atom stereocenters. The molecule has 25 heavy (non-hydrogen) atoms. The lowest BCUT2D eigenvalue weighted by molar-refractivity contribution is -0.123. The average molecular weight is 410 g/mol. The minimum atomic E-state index is -1.08. The lowest BCUT2D eigenvalue weighted by Gasteiger charge is -2.14. The Labute approximate surface area is 153 Å². The first-order valence-corrected chi connectivity index (χ1v) is 8.24. The first-order chi connectivity index (χ1) is 11.9. The Hall–Kier alpha value is -2.25. The van der Waals surface area contributed by atoms with E-state index < -0.39 is 23.8 Å². The maximum atomic E-state index is 13.8. The van der Waals surface area contributed by atoms with Gasteiger partial charge in [0, 0.05) is 11.6 Å². The highest BCUT2D eigenvalue weighted by Gasteiger charge is 2.20. The van der Waals surface area contributed by atoms with Gasteiger partial charge >= 0.3 is 5.97 Å². The summed E-state index contributed by atoms with van der Waals surface area (Å²) in [6.45, 7) is 1.78. The van der Waals surface area contributed by atoms with E-state index in [0.717, 1.165) is 5.56 Å². The molecule has 0 bridgehead atoms. The van der Waals surface area contributed by atoms with Gasteiger partial charge in [-0.3, -0.25) is 4.79 Å². The van der Waals surface area contributed by atoms with E-state index in [2.05, 4.69) is 21.2 Å². The number of carbonyl (C=O) groups is 2. The zero-order valence-corrected chi connectivity index (χ0v) is 15.3. The number of benzene rings is 2. The fraction of sp³-hybridized carbons (Fsp3) is 0.222. The molecular formula is C18H17BrFNO4. The molecule has 2 rings (SSSR count). The standard InChI is InChI=1S/C18H17BrFNO4/c1-11(17(22)21-16-7-6-14(19)9-15(16)20)25-18(23)13-5-3-4-12(8-13)10-24-2/h3-9,11H,10H2,1-2H3,(H,21,22)/t11-/m0/s1. The molecule has 0 aliphatic heterocycles. The number of rotatable bonds is 6. The minimum absolute atomic E-state index is 0.0122. The van der Waals surface area contributed by atoms with E-state index in [1.54, 1.807) is 31.4 Å². The molecule has 1 amide bonds. The van der Waals surface area contributed by atoms with Gasteiger partial charge in [-0.1, -0.05) is 28.1 Å². The van der Waals surface area contributed by atoms with Crippen LogP contribution in [0, 0.1) is 5.82 Å². The van der Waals surface area contributed by atoms with Crippen molar-refractivity contribution in [2.75, 3.05) is 12.4 Å². The number of ether oxygens (including phenoxy) is 2. The van der Waals surface area contributed by atoms with Crippen molar-refractivity contribution in [3.63, 3.8) is 0 Å². The van der Waals surface area contributed by atoms with Crippen LogP contribution >= 0.6 is 15.9 Å². The van der Waals surface area contributed by atoms with Gasteiger partial charge in [0.2, 0.25) is 0 Å². The van der Waals surface area contributed by atoms with E-state index in [-0.39, 0.29) is 5.69 Å². The molecule has 5 nitrogen and oxygen atoms in total. The number of halogens is 2. The van der Waals surface area contributed by atoms with Crippen LogP contribution in [0.2, 0.25) is 0 Å². The van der Waals surface area contributed by atoms with Gasteiger partial charge in [-0.25, -0.2) is 9.18 Å². The number of methoxy groups -OCH3 is 1. The van der Waals surface area contributed by atoms with Crippen molar-refractivity contribution in [1.82, 2.24) is 0 Å². The van der Waals surface area contributed by atoms with Crippen LogP contribution in [0.25, 0.3) is 0 Å². The largest absolute Gasteiger partial charge is 0.449 e. The third kappa shape index (κ3) is 5.37. The summed E-state index contributed by atoms with van der Waals surface area (Å²) in [5.41, 5.74) is 1.13. The summed E-state index contributed by atoms with van der Waals surface area (Å²) in [5, 5.41) is 2.39. The molecule has 132 valence electrons. The van der Waals surface area contributed by atoms with Gasteiger partial charge in [0.1, 0.15) is 5.82 Å². The third-order valence-corrected chi connectivity index (χ3v) is 3.81. The summed E-state index contributed by atoms with van der Waals surface area (Å²) in [4.78, 5) is 24.3. The van der Waals surface area contributed by atoms with Crippen LogP contribution in [0.15, 0.2) is 46.9 Å². The predicted octanol–water partition coefficient (Wildman–Crippen LogP) is 3.92. The van der Waals surface area contributed by atoms with Crippen LogP contribution in [0.5, 0.6) is 0 Å². The lowest BCUT2D eigenvalue weighted by Crippen LogP contribution is -2.30. The van der Waals surface area contributed by atoms with E-state index in [9.17, 15) is 14.0 Å². The molecule has 0 radical (unpaired) electrons. The Kier molecular flexibility index (Phi) is 6.66. The Morgan fingerprint density at radius 2 is 2.00 bits per heavy atom. The highest BCUT2D eigenvalue weighted by atomic mass is 79.9. The molecule has 0 aliphatic carbocycles. The van der Waals surface area contributed by atoms with Crippen molar-refractivity contribution < 1.29 is 23.5 Å². The van der Waals surface area contributed by atoms with Crippen LogP contribution < -0.4 is 5.32 Å². The molecule has 0 unspecified atom stereocenters. The fourth-order valence-corrected chi connectivity index (χ4v) is 2.40. The Bertz CT molecular complexity index is 781. The second-order valence-corrected chi connectivity index (χ2v) is 6.21. The Morgan fingerprint density at radius 3 is 2.68 bits per heavy atom. The Morgan fingerprint density at radius 1 is 1.24 bits per heavy atom. The van der Waals surface area contributed by atoms with Gasteiger partial charge in [-0.15, -0.1) is 0 Å².